The van der Waals surface area contributed by atoms with Crippen molar-refractivity contribution in [3.63, 3.8) is 0 Å². The van der Waals surface area contributed by atoms with Gasteiger partial charge in [-0.05, 0) is 52.9 Å². The Morgan fingerprint density at radius 2 is 2.19 bits per heavy atom. The highest BCUT2D eigenvalue weighted by atomic mass is 16.2. The highest BCUT2D eigenvalue weighted by Crippen LogP contribution is 2.06. The first-order valence-corrected chi connectivity index (χ1v) is 6.36. The van der Waals surface area contributed by atoms with Gasteiger partial charge in [-0.3, -0.25) is 4.79 Å². The molecule has 4 heteroatoms. The quantitative estimate of drug-likeness (QED) is 0.653. The van der Waals surface area contributed by atoms with Gasteiger partial charge in [-0.1, -0.05) is 6.42 Å². The largest absolute Gasteiger partial charge is 0.355 e. The summed E-state index contributed by atoms with van der Waals surface area (Å²) in [6.45, 7) is 2.89. The summed E-state index contributed by atoms with van der Waals surface area (Å²) in [5.74, 6) is 0.185. The van der Waals surface area contributed by atoms with Crippen LogP contribution in [0.15, 0.2) is 0 Å². The summed E-state index contributed by atoms with van der Waals surface area (Å²) >= 11 is 0. The highest BCUT2D eigenvalue weighted by Gasteiger charge is 2.19. The van der Waals surface area contributed by atoms with Crippen molar-refractivity contribution < 1.29 is 4.79 Å². The van der Waals surface area contributed by atoms with E-state index >= 15 is 0 Å². The van der Waals surface area contributed by atoms with Gasteiger partial charge in [-0.15, -0.1) is 0 Å². The molecule has 0 aliphatic carbocycles. The number of rotatable bonds is 6. The zero-order valence-corrected chi connectivity index (χ0v) is 10.6. The number of carbonyl (C=O) groups is 1. The van der Waals surface area contributed by atoms with E-state index in [2.05, 4.69) is 29.6 Å². The van der Waals surface area contributed by atoms with E-state index in [1.165, 1.54) is 12.8 Å². The molecule has 2 N–H and O–H groups in total. The van der Waals surface area contributed by atoms with Crippen LogP contribution in [0.5, 0.6) is 0 Å². The van der Waals surface area contributed by atoms with Gasteiger partial charge in [-0.25, -0.2) is 0 Å². The molecule has 0 spiro atoms. The van der Waals surface area contributed by atoms with Gasteiger partial charge in [0.25, 0.3) is 0 Å². The monoisotopic (exact) mass is 227 g/mol. The average molecular weight is 227 g/mol. The van der Waals surface area contributed by atoms with E-state index < -0.39 is 0 Å². The second-order valence-corrected chi connectivity index (χ2v) is 4.80. The molecule has 1 saturated heterocycles. The van der Waals surface area contributed by atoms with Crippen LogP contribution >= 0.6 is 0 Å². The molecular formula is C12H25N3O. The number of unbranched alkanes of at least 4 members (excludes halogenated alkanes) is 1. The minimum Gasteiger partial charge on any atom is -0.355 e. The molecule has 1 aliphatic rings. The van der Waals surface area contributed by atoms with Gasteiger partial charge in [-0.2, -0.15) is 0 Å². The fourth-order valence-electron chi connectivity index (χ4n) is 1.96. The summed E-state index contributed by atoms with van der Waals surface area (Å²) in [5, 5.41) is 6.26. The van der Waals surface area contributed by atoms with E-state index in [1.54, 1.807) is 0 Å². The molecule has 0 aromatic carbocycles. The molecule has 1 rings (SSSR count). The van der Waals surface area contributed by atoms with Crippen molar-refractivity contribution in [1.29, 1.82) is 0 Å². The highest BCUT2D eigenvalue weighted by molar-refractivity contribution is 5.81. The van der Waals surface area contributed by atoms with Crippen molar-refractivity contribution >= 4 is 5.91 Å². The van der Waals surface area contributed by atoms with Crippen molar-refractivity contribution in [1.82, 2.24) is 15.5 Å². The van der Waals surface area contributed by atoms with Crippen LogP contribution in [0.4, 0.5) is 0 Å². The van der Waals surface area contributed by atoms with E-state index in [4.69, 9.17) is 0 Å². The van der Waals surface area contributed by atoms with Gasteiger partial charge in [0.15, 0.2) is 0 Å². The van der Waals surface area contributed by atoms with Crippen LogP contribution in [0, 0.1) is 0 Å². The fourth-order valence-corrected chi connectivity index (χ4v) is 1.96. The first-order valence-electron chi connectivity index (χ1n) is 6.36. The predicted molar refractivity (Wildman–Crippen MR) is 66.4 cm³/mol. The molecule has 1 amide bonds. The smallest absolute Gasteiger partial charge is 0.237 e. The van der Waals surface area contributed by atoms with Crippen molar-refractivity contribution in [2.75, 3.05) is 33.7 Å². The van der Waals surface area contributed by atoms with Crippen LogP contribution < -0.4 is 10.6 Å². The number of amides is 1. The van der Waals surface area contributed by atoms with Crippen molar-refractivity contribution in [2.45, 2.75) is 38.1 Å². The Bertz CT molecular complexity index is 200. The summed E-state index contributed by atoms with van der Waals surface area (Å²) in [6.07, 6.45) is 5.57. The van der Waals surface area contributed by atoms with Gasteiger partial charge in [0, 0.05) is 6.54 Å². The van der Waals surface area contributed by atoms with Crippen LogP contribution in [0.3, 0.4) is 0 Å². The minimum atomic E-state index is 0.0580. The van der Waals surface area contributed by atoms with E-state index in [0.29, 0.717) is 0 Å². The molecule has 0 aromatic heterocycles. The van der Waals surface area contributed by atoms with E-state index in [9.17, 15) is 4.79 Å². The fraction of sp³-hybridized carbons (Fsp3) is 0.917. The maximum atomic E-state index is 11.7. The van der Waals surface area contributed by atoms with E-state index in [0.717, 1.165) is 38.9 Å². The Morgan fingerprint density at radius 3 is 2.81 bits per heavy atom. The van der Waals surface area contributed by atoms with Crippen LogP contribution in [-0.2, 0) is 4.79 Å². The molecule has 1 fully saturated rings. The summed E-state index contributed by atoms with van der Waals surface area (Å²) in [7, 11) is 4.15. The molecule has 1 aliphatic heterocycles. The van der Waals surface area contributed by atoms with Crippen molar-refractivity contribution in [3.05, 3.63) is 0 Å². The van der Waals surface area contributed by atoms with Crippen molar-refractivity contribution in [3.8, 4) is 0 Å². The third-order valence-corrected chi connectivity index (χ3v) is 2.96. The Balaban J connectivity index is 2.01. The third kappa shape index (κ3) is 5.47. The normalized spacial score (nSPS) is 21.1. The molecular weight excluding hydrogens is 202 g/mol. The zero-order valence-electron chi connectivity index (χ0n) is 10.6. The standard InChI is InChI=1S/C12H25N3O/c1-15(2)10-6-5-9-14-12(16)11-7-3-4-8-13-11/h11,13H,3-10H2,1-2H3,(H,14,16)/t11-/m0/s1. The van der Waals surface area contributed by atoms with Crippen LogP contribution in [0.2, 0.25) is 0 Å². The van der Waals surface area contributed by atoms with Gasteiger partial charge < -0.3 is 15.5 Å². The van der Waals surface area contributed by atoms with Crippen molar-refractivity contribution in [2.24, 2.45) is 0 Å². The molecule has 0 aromatic rings. The number of hydrogen-bond donors (Lipinski definition) is 2. The van der Waals surface area contributed by atoms with E-state index in [1.807, 2.05) is 0 Å². The predicted octanol–water partition coefficient (Wildman–Crippen LogP) is 0.587. The van der Waals surface area contributed by atoms with Crippen LogP contribution in [-0.4, -0.2) is 50.6 Å². The lowest BCUT2D eigenvalue weighted by Crippen LogP contribution is -2.46. The van der Waals surface area contributed by atoms with Gasteiger partial charge in [0.2, 0.25) is 5.91 Å². The molecule has 1 atom stereocenters. The number of hydrogen-bond acceptors (Lipinski definition) is 3. The van der Waals surface area contributed by atoms with Gasteiger partial charge >= 0.3 is 0 Å². The van der Waals surface area contributed by atoms with Crippen LogP contribution in [0.1, 0.15) is 32.1 Å². The minimum absolute atomic E-state index is 0.0580. The topological polar surface area (TPSA) is 44.4 Å². The summed E-state index contributed by atoms with van der Waals surface area (Å²) < 4.78 is 0. The SMILES string of the molecule is CN(C)CCCCNC(=O)[C@@H]1CCCCN1. The van der Waals surface area contributed by atoms with Gasteiger partial charge in [0.1, 0.15) is 0 Å². The lowest BCUT2D eigenvalue weighted by atomic mass is 10.0. The maximum absolute atomic E-state index is 11.7. The van der Waals surface area contributed by atoms with Gasteiger partial charge in [0.05, 0.1) is 6.04 Å². The lowest BCUT2D eigenvalue weighted by molar-refractivity contribution is -0.123. The third-order valence-electron chi connectivity index (χ3n) is 2.96. The molecule has 16 heavy (non-hydrogen) atoms. The second-order valence-electron chi connectivity index (χ2n) is 4.80. The zero-order chi connectivity index (χ0) is 11.8. The lowest BCUT2D eigenvalue weighted by Gasteiger charge is -2.22. The molecule has 1 heterocycles. The molecule has 4 nitrogen and oxygen atoms in total. The summed E-state index contributed by atoms with van der Waals surface area (Å²) in [5.41, 5.74) is 0. The number of piperidine rings is 1. The first kappa shape index (κ1) is 13.5. The molecule has 0 unspecified atom stereocenters. The number of nitrogens with one attached hydrogen (secondary N) is 2. The molecule has 0 radical (unpaired) electrons. The number of carbonyl (C=O) groups excluding carboxylic acids is 1. The van der Waals surface area contributed by atoms with Crippen LogP contribution in [0.25, 0.3) is 0 Å². The molecule has 0 saturated carbocycles. The summed E-state index contributed by atoms with van der Waals surface area (Å²) in [4.78, 5) is 13.9. The Morgan fingerprint density at radius 1 is 1.38 bits per heavy atom. The Kier molecular flexibility index (Phi) is 6.42. The molecule has 94 valence electrons. The summed E-state index contributed by atoms with van der Waals surface area (Å²) in [6, 6.07) is 0.0580. The maximum Gasteiger partial charge on any atom is 0.237 e. The Labute approximate surface area is 98.8 Å². The van der Waals surface area contributed by atoms with E-state index in [-0.39, 0.29) is 11.9 Å². The first-order chi connectivity index (χ1) is 7.70. The second kappa shape index (κ2) is 7.63. The molecule has 0 bridgehead atoms. The average Bonchev–Trinajstić information content (AvgIpc) is 2.29. The number of nitrogens with zero attached hydrogens (tertiary/aromatic N) is 1. The Hall–Kier alpha value is -0.610.